The number of carbonyl (C=O) groups excluding carboxylic acids is 2. The molecule has 0 aliphatic heterocycles. The molecule has 0 saturated heterocycles. The van der Waals surface area contributed by atoms with Crippen molar-refractivity contribution in [1.82, 2.24) is 19.7 Å². The Morgan fingerprint density at radius 1 is 0.848 bits per heavy atom. The molecule has 8 nitrogen and oxygen atoms in total. The first kappa shape index (κ1) is 21.8. The van der Waals surface area contributed by atoms with Crippen molar-refractivity contribution in [2.45, 2.75) is 19.6 Å². The first-order valence-electron chi connectivity index (χ1n) is 10.4. The topological polar surface area (TPSA) is 112 Å². The summed E-state index contributed by atoms with van der Waals surface area (Å²) >= 11 is 0. The molecule has 33 heavy (non-hydrogen) atoms. The largest absolute Gasteiger partial charge is 0.366 e. The van der Waals surface area contributed by atoms with Gasteiger partial charge >= 0.3 is 0 Å². The van der Waals surface area contributed by atoms with Crippen molar-refractivity contribution in [3.63, 3.8) is 0 Å². The van der Waals surface area contributed by atoms with Crippen LogP contribution in [-0.4, -0.2) is 26.2 Å². The van der Waals surface area contributed by atoms with Crippen LogP contribution in [-0.2, 0) is 19.6 Å². The second kappa shape index (κ2) is 9.78. The van der Waals surface area contributed by atoms with Gasteiger partial charge in [0.2, 0.25) is 5.91 Å². The van der Waals surface area contributed by atoms with E-state index < -0.39 is 5.91 Å². The van der Waals surface area contributed by atoms with Crippen molar-refractivity contribution in [3.8, 4) is 0 Å². The number of pyridine rings is 1. The first-order chi connectivity index (χ1) is 16.0. The third kappa shape index (κ3) is 5.62. The third-order valence-corrected chi connectivity index (χ3v) is 5.21. The van der Waals surface area contributed by atoms with Gasteiger partial charge in [0, 0.05) is 30.6 Å². The molecule has 4 rings (SSSR count). The van der Waals surface area contributed by atoms with Crippen LogP contribution in [0.25, 0.3) is 0 Å². The van der Waals surface area contributed by atoms with Gasteiger partial charge in [-0.05, 0) is 34.9 Å². The van der Waals surface area contributed by atoms with Gasteiger partial charge in [-0.3, -0.25) is 19.1 Å². The van der Waals surface area contributed by atoms with Crippen LogP contribution in [0.2, 0.25) is 0 Å². The lowest BCUT2D eigenvalue weighted by Crippen LogP contribution is -2.22. The predicted molar refractivity (Wildman–Crippen MR) is 124 cm³/mol. The molecule has 3 N–H and O–H groups in total. The zero-order chi connectivity index (χ0) is 23.2. The Kier molecular flexibility index (Phi) is 6.45. The van der Waals surface area contributed by atoms with Gasteiger partial charge in [-0.25, -0.2) is 0 Å². The number of nitrogens with zero attached hydrogens (tertiary/aromatic N) is 3. The number of hydrogen-bond donors (Lipinski definition) is 2. The van der Waals surface area contributed by atoms with E-state index in [4.69, 9.17) is 5.73 Å². The van der Waals surface area contributed by atoms with Gasteiger partial charge in [0.15, 0.2) is 0 Å². The van der Waals surface area contributed by atoms with Crippen LogP contribution >= 0.6 is 0 Å². The van der Waals surface area contributed by atoms with Crippen molar-refractivity contribution in [2.24, 2.45) is 5.73 Å². The van der Waals surface area contributed by atoms with Gasteiger partial charge in [-0.2, -0.15) is 5.10 Å². The summed E-state index contributed by atoms with van der Waals surface area (Å²) in [6.45, 7) is 1.36. The minimum Gasteiger partial charge on any atom is -0.366 e. The fourth-order valence-electron chi connectivity index (χ4n) is 3.36. The highest BCUT2D eigenvalue weighted by Gasteiger charge is 2.09. The van der Waals surface area contributed by atoms with Crippen molar-refractivity contribution in [3.05, 3.63) is 123 Å². The zero-order valence-corrected chi connectivity index (χ0v) is 17.8. The normalized spacial score (nSPS) is 10.7. The average Bonchev–Trinajstić information content (AvgIpc) is 3.29. The molecule has 0 aliphatic rings. The minimum atomic E-state index is -0.487. The van der Waals surface area contributed by atoms with Gasteiger partial charge in [0.25, 0.3) is 11.5 Å². The Morgan fingerprint density at radius 3 is 2.18 bits per heavy atom. The molecule has 2 aromatic carbocycles. The quantitative estimate of drug-likeness (QED) is 0.436. The Labute approximate surface area is 190 Å². The van der Waals surface area contributed by atoms with Crippen LogP contribution < -0.4 is 16.6 Å². The Hall–Kier alpha value is -4.46. The van der Waals surface area contributed by atoms with Crippen LogP contribution in [0.15, 0.2) is 90.1 Å². The van der Waals surface area contributed by atoms with Crippen LogP contribution in [0.1, 0.15) is 37.4 Å². The highest BCUT2D eigenvalue weighted by Crippen LogP contribution is 2.09. The minimum absolute atomic E-state index is 0.0356. The summed E-state index contributed by atoms with van der Waals surface area (Å²) in [5, 5.41) is 7.12. The molecule has 2 amide bonds. The number of nitrogens with one attached hydrogen (secondary N) is 1. The number of nitrogens with two attached hydrogens (primary N) is 1. The molecule has 0 saturated carbocycles. The summed E-state index contributed by atoms with van der Waals surface area (Å²) in [4.78, 5) is 35.4. The van der Waals surface area contributed by atoms with Gasteiger partial charge in [0.1, 0.15) is 0 Å². The second-order valence-corrected chi connectivity index (χ2v) is 7.65. The number of amides is 2. The summed E-state index contributed by atoms with van der Waals surface area (Å²) < 4.78 is 3.35. The van der Waals surface area contributed by atoms with Gasteiger partial charge in [-0.15, -0.1) is 0 Å². The van der Waals surface area contributed by atoms with E-state index in [-0.39, 0.29) is 11.5 Å². The van der Waals surface area contributed by atoms with E-state index in [9.17, 15) is 14.4 Å². The smallest absolute Gasteiger partial charge is 0.254 e. The number of rotatable bonds is 8. The number of primary amides is 1. The number of benzene rings is 2. The summed E-state index contributed by atoms with van der Waals surface area (Å²) in [6.07, 6.45) is 4.99. The molecule has 0 spiro atoms. The lowest BCUT2D eigenvalue weighted by Gasteiger charge is -2.07. The highest BCUT2D eigenvalue weighted by molar-refractivity contribution is 5.94. The van der Waals surface area contributed by atoms with Gasteiger partial charge in [-0.1, -0.05) is 42.5 Å². The summed E-state index contributed by atoms with van der Waals surface area (Å²) in [5.41, 5.74) is 9.00. The molecule has 2 aromatic heterocycles. The Bertz CT molecular complexity index is 1320. The SMILES string of the molecule is NC(=O)c1ccc(CNC(=O)c2cnn(Cc3ccc(Cn4ccccc4=O)cc3)c2)cc1. The maximum atomic E-state index is 12.4. The molecule has 4 aromatic rings. The standard InChI is InChI=1S/C25H23N5O3/c26-24(32)21-10-8-18(9-11-21)13-27-25(33)22-14-28-30(17-22)16-20-6-4-19(5-7-20)15-29-12-2-1-3-23(29)31/h1-12,14,17H,13,15-16H2,(H2,26,32)(H,27,33). The first-order valence-corrected chi connectivity index (χ1v) is 10.4. The molecular weight excluding hydrogens is 418 g/mol. The summed E-state index contributed by atoms with van der Waals surface area (Å²) in [6, 6.07) is 19.8. The fourth-order valence-corrected chi connectivity index (χ4v) is 3.36. The molecule has 0 bridgehead atoms. The summed E-state index contributed by atoms with van der Waals surface area (Å²) in [7, 11) is 0. The van der Waals surface area contributed by atoms with Crippen LogP contribution in [0.3, 0.4) is 0 Å². The van der Waals surface area contributed by atoms with Crippen molar-refractivity contribution >= 4 is 11.8 Å². The molecule has 0 unspecified atom stereocenters. The average molecular weight is 441 g/mol. The molecule has 166 valence electrons. The number of hydrogen-bond acceptors (Lipinski definition) is 4. The molecule has 0 radical (unpaired) electrons. The number of carbonyl (C=O) groups is 2. The van der Waals surface area contributed by atoms with Gasteiger partial charge in [0.05, 0.1) is 24.8 Å². The molecule has 0 aliphatic carbocycles. The van der Waals surface area contributed by atoms with E-state index in [0.29, 0.717) is 30.8 Å². The number of aromatic nitrogens is 3. The molecule has 2 heterocycles. The lowest BCUT2D eigenvalue weighted by atomic mass is 10.1. The molecular formula is C25H23N5O3. The van der Waals surface area contributed by atoms with Crippen LogP contribution in [0.5, 0.6) is 0 Å². The molecule has 0 fully saturated rings. The Morgan fingerprint density at radius 2 is 1.52 bits per heavy atom. The van der Waals surface area contributed by atoms with Gasteiger partial charge < -0.3 is 15.6 Å². The van der Waals surface area contributed by atoms with E-state index >= 15 is 0 Å². The van der Waals surface area contributed by atoms with E-state index in [1.54, 1.807) is 58.0 Å². The zero-order valence-electron chi connectivity index (χ0n) is 17.8. The van der Waals surface area contributed by atoms with E-state index in [2.05, 4.69) is 10.4 Å². The molecule has 8 heteroatoms. The monoisotopic (exact) mass is 441 g/mol. The second-order valence-electron chi connectivity index (χ2n) is 7.65. The van der Waals surface area contributed by atoms with Crippen molar-refractivity contribution in [2.75, 3.05) is 0 Å². The van der Waals surface area contributed by atoms with Crippen LogP contribution in [0, 0.1) is 0 Å². The fraction of sp³-hybridized carbons (Fsp3) is 0.120. The third-order valence-electron chi connectivity index (χ3n) is 5.21. The predicted octanol–water partition coefficient (Wildman–Crippen LogP) is 2.17. The van der Waals surface area contributed by atoms with Crippen LogP contribution in [0.4, 0.5) is 0 Å². The van der Waals surface area contributed by atoms with Crippen molar-refractivity contribution in [1.29, 1.82) is 0 Å². The maximum absolute atomic E-state index is 12.4. The summed E-state index contributed by atoms with van der Waals surface area (Å²) in [5.74, 6) is -0.719. The lowest BCUT2D eigenvalue weighted by molar-refractivity contribution is 0.0949. The van der Waals surface area contributed by atoms with E-state index in [1.807, 2.05) is 30.3 Å². The maximum Gasteiger partial charge on any atom is 0.254 e. The Balaban J connectivity index is 1.32. The van der Waals surface area contributed by atoms with E-state index in [0.717, 1.165) is 16.7 Å². The highest BCUT2D eigenvalue weighted by atomic mass is 16.2. The van der Waals surface area contributed by atoms with E-state index in [1.165, 1.54) is 6.20 Å². The van der Waals surface area contributed by atoms with Crippen molar-refractivity contribution < 1.29 is 9.59 Å². The molecule has 0 atom stereocenters.